The number of Topliss-reactive ketones (excluding diaryl/α,β-unsaturated/α-hetero) is 1. The number of ether oxygens (including phenoxy) is 1. The molecule has 0 bridgehead atoms. The summed E-state index contributed by atoms with van der Waals surface area (Å²) in [6.45, 7) is 1.85. The first kappa shape index (κ1) is 20.6. The topological polar surface area (TPSA) is 79.7 Å². The van der Waals surface area contributed by atoms with E-state index in [0.717, 1.165) is 5.56 Å². The minimum Gasteiger partial charge on any atom is -0.507 e. The Morgan fingerprint density at radius 3 is 2.45 bits per heavy atom. The molecule has 1 saturated heterocycles. The van der Waals surface area contributed by atoms with Gasteiger partial charge in [0.2, 0.25) is 0 Å². The highest BCUT2D eigenvalue weighted by Crippen LogP contribution is 2.42. The molecule has 156 valence electrons. The number of methoxy groups -OCH3 is 1. The van der Waals surface area contributed by atoms with Crippen LogP contribution >= 0.6 is 11.6 Å². The number of aliphatic hydroxyl groups is 1. The molecule has 1 atom stereocenters. The average molecular weight is 435 g/mol. The van der Waals surface area contributed by atoms with E-state index < -0.39 is 17.7 Å². The predicted octanol–water partition coefficient (Wildman–Crippen LogP) is 4.68. The van der Waals surface area contributed by atoms with E-state index in [1.807, 2.05) is 6.92 Å². The fourth-order valence-corrected chi connectivity index (χ4v) is 3.73. The number of halogens is 1. The molecular weight excluding hydrogens is 416 g/mol. The van der Waals surface area contributed by atoms with E-state index in [1.165, 1.54) is 12.0 Å². The average Bonchev–Trinajstić information content (AvgIpc) is 3.06. The first-order chi connectivity index (χ1) is 14.9. The number of pyridine rings is 1. The van der Waals surface area contributed by atoms with Crippen LogP contribution in [0.5, 0.6) is 5.75 Å². The van der Waals surface area contributed by atoms with E-state index in [9.17, 15) is 14.7 Å². The minimum atomic E-state index is -0.901. The molecule has 1 fully saturated rings. The van der Waals surface area contributed by atoms with Crippen molar-refractivity contribution in [2.45, 2.75) is 13.0 Å². The van der Waals surface area contributed by atoms with Gasteiger partial charge in [0.25, 0.3) is 11.7 Å². The molecule has 3 aromatic rings. The fourth-order valence-electron chi connectivity index (χ4n) is 3.55. The van der Waals surface area contributed by atoms with Gasteiger partial charge in [-0.15, -0.1) is 0 Å². The molecule has 1 aliphatic heterocycles. The van der Waals surface area contributed by atoms with Crippen molar-refractivity contribution >= 4 is 34.7 Å². The maximum atomic E-state index is 13.1. The van der Waals surface area contributed by atoms with E-state index in [-0.39, 0.29) is 11.3 Å². The SMILES string of the molecule is COc1ccc(/C(O)=C2\C(=O)C(=O)N(c3ccc(C)c(Cl)c3)C2c2ccccn2)cc1. The van der Waals surface area contributed by atoms with Crippen molar-refractivity contribution in [3.63, 3.8) is 0 Å². The summed E-state index contributed by atoms with van der Waals surface area (Å²) in [4.78, 5) is 31.8. The lowest BCUT2D eigenvalue weighted by Gasteiger charge is -2.25. The highest BCUT2D eigenvalue weighted by atomic mass is 35.5. The molecule has 2 heterocycles. The molecule has 0 radical (unpaired) electrons. The molecule has 31 heavy (non-hydrogen) atoms. The molecular formula is C24H19ClN2O4. The molecule has 0 saturated carbocycles. The zero-order valence-corrected chi connectivity index (χ0v) is 17.6. The number of rotatable bonds is 4. The van der Waals surface area contributed by atoms with Crippen LogP contribution in [0.1, 0.15) is 22.9 Å². The van der Waals surface area contributed by atoms with Crippen LogP contribution in [-0.4, -0.2) is 28.9 Å². The maximum absolute atomic E-state index is 13.1. The number of aliphatic hydroxyl groups excluding tert-OH is 1. The molecule has 6 nitrogen and oxygen atoms in total. The Hall–Kier alpha value is -3.64. The smallest absolute Gasteiger partial charge is 0.300 e. The molecule has 1 aromatic heterocycles. The number of carbonyl (C=O) groups is 2. The predicted molar refractivity (Wildman–Crippen MR) is 118 cm³/mol. The summed E-state index contributed by atoms with van der Waals surface area (Å²) in [5.74, 6) is -1.23. The van der Waals surface area contributed by atoms with Gasteiger partial charge < -0.3 is 9.84 Å². The van der Waals surface area contributed by atoms with Gasteiger partial charge in [0.05, 0.1) is 18.4 Å². The van der Waals surface area contributed by atoms with E-state index in [1.54, 1.807) is 66.9 Å². The molecule has 7 heteroatoms. The van der Waals surface area contributed by atoms with E-state index in [4.69, 9.17) is 16.3 Å². The maximum Gasteiger partial charge on any atom is 0.300 e. The van der Waals surface area contributed by atoms with Crippen molar-refractivity contribution < 1.29 is 19.4 Å². The number of carbonyl (C=O) groups excluding carboxylic acids is 2. The Bertz CT molecular complexity index is 1190. The lowest BCUT2D eigenvalue weighted by Crippen LogP contribution is -2.29. The van der Waals surface area contributed by atoms with Crippen LogP contribution in [0.4, 0.5) is 5.69 Å². The number of anilines is 1. The van der Waals surface area contributed by atoms with Crippen molar-refractivity contribution in [1.82, 2.24) is 4.98 Å². The highest BCUT2D eigenvalue weighted by molar-refractivity contribution is 6.51. The molecule has 1 amide bonds. The second kappa shape index (κ2) is 8.24. The summed E-state index contributed by atoms with van der Waals surface area (Å²) >= 11 is 6.28. The summed E-state index contributed by atoms with van der Waals surface area (Å²) < 4.78 is 5.15. The first-order valence-corrected chi connectivity index (χ1v) is 9.92. The summed E-state index contributed by atoms with van der Waals surface area (Å²) in [6, 6.07) is 16.0. The van der Waals surface area contributed by atoms with Gasteiger partial charge in [-0.25, -0.2) is 0 Å². The molecule has 1 aliphatic rings. The summed E-state index contributed by atoms with van der Waals surface area (Å²) in [5.41, 5.74) is 2.09. The quantitative estimate of drug-likeness (QED) is 0.366. The molecule has 0 aliphatic carbocycles. The standard InChI is InChI=1S/C24H19ClN2O4/c1-14-6-9-16(13-18(14)25)27-21(19-5-3-4-12-26-19)20(23(29)24(27)30)22(28)15-7-10-17(31-2)11-8-15/h3-13,21,28H,1-2H3/b22-20+. The van der Waals surface area contributed by atoms with Gasteiger partial charge in [-0.2, -0.15) is 0 Å². The second-order valence-corrected chi connectivity index (χ2v) is 7.49. The third kappa shape index (κ3) is 3.66. The van der Waals surface area contributed by atoms with Crippen LogP contribution < -0.4 is 9.64 Å². The van der Waals surface area contributed by atoms with Crippen molar-refractivity contribution in [3.8, 4) is 5.75 Å². The third-order valence-corrected chi connectivity index (χ3v) is 5.62. The highest BCUT2D eigenvalue weighted by Gasteiger charge is 2.47. The normalized spacial score (nSPS) is 17.8. The molecule has 1 unspecified atom stereocenters. The third-order valence-electron chi connectivity index (χ3n) is 5.21. The monoisotopic (exact) mass is 434 g/mol. The largest absolute Gasteiger partial charge is 0.507 e. The molecule has 0 spiro atoms. The van der Waals surface area contributed by atoms with Crippen LogP contribution in [0.25, 0.3) is 5.76 Å². The van der Waals surface area contributed by atoms with Gasteiger partial charge in [-0.1, -0.05) is 23.7 Å². The number of benzene rings is 2. The van der Waals surface area contributed by atoms with Gasteiger partial charge in [0.15, 0.2) is 0 Å². The van der Waals surface area contributed by atoms with Gasteiger partial charge in [0.1, 0.15) is 17.6 Å². The molecule has 1 N–H and O–H groups in total. The zero-order valence-electron chi connectivity index (χ0n) is 16.9. The number of amides is 1. The molecule has 4 rings (SSSR count). The number of nitrogens with zero attached hydrogens (tertiary/aromatic N) is 2. The number of hydrogen-bond donors (Lipinski definition) is 1. The lowest BCUT2D eigenvalue weighted by atomic mass is 9.98. The number of hydrogen-bond acceptors (Lipinski definition) is 5. The van der Waals surface area contributed by atoms with Gasteiger partial charge in [-0.05, 0) is 61.0 Å². The summed E-state index contributed by atoms with van der Waals surface area (Å²) in [7, 11) is 1.54. The van der Waals surface area contributed by atoms with Crippen molar-refractivity contribution in [2.24, 2.45) is 0 Å². The Morgan fingerprint density at radius 1 is 1.10 bits per heavy atom. The van der Waals surface area contributed by atoms with Crippen LogP contribution in [0.15, 0.2) is 72.4 Å². The lowest BCUT2D eigenvalue weighted by molar-refractivity contribution is -0.132. The summed E-state index contributed by atoms with van der Waals surface area (Å²) in [6.07, 6.45) is 1.57. The number of ketones is 1. The van der Waals surface area contributed by atoms with Crippen LogP contribution in [0.2, 0.25) is 5.02 Å². The van der Waals surface area contributed by atoms with Gasteiger partial charge in [-0.3, -0.25) is 19.5 Å². The number of aromatic nitrogens is 1. The molecule has 2 aromatic carbocycles. The van der Waals surface area contributed by atoms with E-state index >= 15 is 0 Å². The van der Waals surface area contributed by atoms with Crippen molar-refractivity contribution in [3.05, 3.63) is 94.3 Å². The Balaban J connectivity index is 1.92. The second-order valence-electron chi connectivity index (χ2n) is 7.09. The fraction of sp³-hybridized carbons (Fsp3) is 0.125. The van der Waals surface area contributed by atoms with E-state index in [2.05, 4.69) is 4.98 Å². The number of aryl methyl sites for hydroxylation is 1. The minimum absolute atomic E-state index is 0.0365. The Kier molecular flexibility index (Phi) is 5.48. The van der Waals surface area contributed by atoms with Crippen molar-refractivity contribution in [1.29, 1.82) is 0 Å². The van der Waals surface area contributed by atoms with Crippen molar-refractivity contribution in [2.75, 3.05) is 12.0 Å². The van der Waals surface area contributed by atoms with Crippen LogP contribution in [0.3, 0.4) is 0 Å². The Morgan fingerprint density at radius 2 is 1.84 bits per heavy atom. The van der Waals surface area contributed by atoms with Gasteiger partial charge >= 0.3 is 0 Å². The van der Waals surface area contributed by atoms with E-state index in [0.29, 0.717) is 27.7 Å². The van der Waals surface area contributed by atoms with Crippen LogP contribution in [0, 0.1) is 6.92 Å². The zero-order chi connectivity index (χ0) is 22.1. The first-order valence-electron chi connectivity index (χ1n) is 9.55. The van der Waals surface area contributed by atoms with Gasteiger partial charge in [0, 0.05) is 22.5 Å². The summed E-state index contributed by atoms with van der Waals surface area (Å²) in [5, 5.41) is 11.5. The Labute approximate surface area is 184 Å². The van der Waals surface area contributed by atoms with Crippen LogP contribution in [-0.2, 0) is 9.59 Å².